The number of aromatic nitrogens is 4. The quantitative estimate of drug-likeness (QED) is 0.351. The van der Waals surface area contributed by atoms with E-state index in [0.29, 0.717) is 51.8 Å². The number of benzene rings is 3. The summed E-state index contributed by atoms with van der Waals surface area (Å²) in [5, 5.41) is 4.04. The number of nitrogen functional groups attached to an aromatic ring is 1. The van der Waals surface area contributed by atoms with Gasteiger partial charge in [-0.3, -0.25) is 9.36 Å². The van der Waals surface area contributed by atoms with Crippen LogP contribution in [-0.4, -0.2) is 26.1 Å². The number of hydrogen-bond acceptors (Lipinski definition) is 6. The minimum absolute atomic E-state index is 0.215. The van der Waals surface area contributed by atoms with Crippen molar-refractivity contribution in [1.82, 2.24) is 19.5 Å². The van der Waals surface area contributed by atoms with Gasteiger partial charge in [0.1, 0.15) is 29.4 Å². The molecule has 3 aromatic carbocycles. The molecule has 0 aliphatic carbocycles. The van der Waals surface area contributed by atoms with Gasteiger partial charge in [0.25, 0.3) is 5.56 Å². The lowest BCUT2D eigenvalue weighted by molar-refractivity contribution is 0.809. The summed E-state index contributed by atoms with van der Waals surface area (Å²) < 4.78 is 1.60. The molecule has 0 unspecified atom stereocenters. The lowest BCUT2D eigenvalue weighted by atomic mass is 10.2. The van der Waals surface area contributed by atoms with E-state index >= 15 is 0 Å². The average Bonchev–Trinajstić information content (AvgIpc) is 2.89. The molecule has 36 heavy (non-hydrogen) atoms. The van der Waals surface area contributed by atoms with Crippen molar-refractivity contribution in [3.05, 3.63) is 118 Å². The molecule has 7 nitrogen and oxygen atoms in total. The van der Waals surface area contributed by atoms with E-state index in [-0.39, 0.29) is 11.4 Å². The lowest BCUT2D eigenvalue weighted by Crippen LogP contribution is -2.25. The van der Waals surface area contributed by atoms with Crippen LogP contribution >= 0.6 is 11.6 Å². The normalized spacial score (nSPS) is 10.6. The molecule has 0 aliphatic rings. The van der Waals surface area contributed by atoms with E-state index in [1.807, 2.05) is 60.7 Å². The second kappa shape index (κ2) is 10.3. The Kier molecular flexibility index (Phi) is 6.61. The van der Waals surface area contributed by atoms with Crippen LogP contribution in [0.2, 0.25) is 5.02 Å². The maximum atomic E-state index is 13.5. The largest absolute Gasteiger partial charge is 0.382 e. The topological polar surface area (TPSA) is 98.7 Å². The van der Waals surface area contributed by atoms with Crippen LogP contribution < -0.4 is 16.6 Å². The smallest absolute Gasteiger partial charge is 0.267 e. The molecule has 0 aliphatic heterocycles. The van der Waals surface area contributed by atoms with Gasteiger partial charge in [0, 0.05) is 18.5 Å². The van der Waals surface area contributed by atoms with E-state index in [1.165, 1.54) is 6.33 Å². The van der Waals surface area contributed by atoms with Gasteiger partial charge in [0.05, 0.1) is 21.6 Å². The fourth-order valence-corrected chi connectivity index (χ4v) is 4.10. The van der Waals surface area contributed by atoms with Gasteiger partial charge in [-0.05, 0) is 36.4 Å². The fraction of sp³-hybridized carbons (Fsp3) is 0.0714. The molecule has 0 amide bonds. The van der Waals surface area contributed by atoms with Gasteiger partial charge in [-0.25, -0.2) is 15.0 Å². The van der Waals surface area contributed by atoms with Crippen molar-refractivity contribution in [2.24, 2.45) is 0 Å². The third kappa shape index (κ3) is 4.76. The van der Waals surface area contributed by atoms with Crippen LogP contribution in [0, 0.1) is 11.8 Å². The van der Waals surface area contributed by atoms with Crippen molar-refractivity contribution in [2.45, 2.75) is 6.42 Å². The molecular formula is C28H21ClN6O. The maximum absolute atomic E-state index is 13.5. The molecule has 8 heteroatoms. The number of anilines is 2. The number of para-hydroxylation sites is 1. The van der Waals surface area contributed by atoms with E-state index in [1.54, 1.807) is 22.8 Å². The number of hydrogen-bond donors (Lipinski definition) is 2. The van der Waals surface area contributed by atoms with E-state index in [2.05, 4.69) is 27.1 Å². The Morgan fingerprint density at radius 2 is 1.67 bits per heavy atom. The maximum Gasteiger partial charge on any atom is 0.267 e. The average molecular weight is 493 g/mol. The van der Waals surface area contributed by atoms with Crippen molar-refractivity contribution in [2.75, 3.05) is 17.6 Å². The first-order valence-electron chi connectivity index (χ1n) is 11.3. The number of nitrogens with two attached hydrogens (primary N) is 1. The number of nitrogens with zero attached hydrogens (tertiary/aromatic N) is 4. The summed E-state index contributed by atoms with van der Waals surface area (Å²) >= 11 is 6.36. The molecule has 2 heterocycles. The zero-order chi connectivity index (χ0) is 24.9. The highest BCUT2D eigenvalue weighted by Crippen LogP contribution is 2.21. The molecule has 0 saturated heterocycles. The van der Waals surface area contributed by atoms with E-state index in [0.717, 1.165) is 5.56 Å². The summed E-state index contributed by atoms with van der Waals surface area (Å²) in [6, 6.07) is 24.3. The van der Waals surface area contributed by atoms with Crippen LogP contribution in [0.1, 0.15) is 17.0 Å². The van der Waals surface area contributed by atoms with Crippen LogP contribution in [0.25, 0.3) is 16.6 Å². The molecule has 0 fully saturated rings. The highest BCUT2D eigenvalue weighted by molar-refractivity contribution is 6.35. The predicted molar refractivity (Wildman–Crippen MR) is 143 cm³/mol. The monoisotopic (exact) mass is 492 g/mol. The zero-order valence-corrected chi connectivity index (χ0v) is 19.9. The van der Waals surface area contributed by atoms with Crippen molar-refractivity contribution >= 4 is 34.1 Å². The van der Waals surface area contributed by atoms with Crippen LogP contribution in [0.4, 0.5) is 11.6 Å². The summed E-state index contributed by atoms with van der Waals surface area (Å²) in [5.74, 6) is 7.56. The number of halogens is 1. The third-order valence-electron chi connectivity index (χ3n) is 5.55. The Balaban J connectivity index is 1.47. The van der Waals surface area contributed by atoms with Crippen LogP contribution in [0.5, 0.6) is 0 Å². The van der Waals surface area contributed by atoms with Gasteiger partial charge in [-0.15, -0.1) is 0 Å². The minimum Gasteiger partial charge on any atom is -0.382 e. The van der Waals surface area contributed by atoms with E-state index in [4.69, 9.17) is 22.3 Å². The summed E-state index contributed by atoms with van der Waals surface area (Å²) in [4.78, 5) is 26.7. The Morgan fingerprint density at radius 3 is 2.44 bits per heavy atom. The second-order valence-corrected chi connectivity index (χ2v) is 8.32. The molecule has 3 N–H and O–H groups in total. The standard InChI is InChI=1S/C28H21ClN6O/c29-22-12-7-13-23-25(22)28(36)35(20-10-5-2-6-11-20)24(34-23)16-17-31-27-21(26(30)32-18-33-27)15-14-19-8-3-1-4-9-19/h1-13,18H,16-17H2,(H3,30,31,32,33). The molecule has 5 rings (SSSR count). The first-order valence-corrected chi connectivity index (χ1v) is 11.7. The molecule has 176 valence electrons. The van der Waals surface area contributed by atoms with Crippen molar-refractivity contribution < 1.29 is 0 Å². The SMILES string of the molecule is Nc1ncnc(NCCc2nc3cccc(Cl)c3c(=O)n2-c2ccccc2)c1C#Cc1ccccc1. The fourth-order valence-electron chi connectivity index (χ4n) is 3.85. The van der Waals surface area contributed by atoms with Gasteiger partial charge in [0.15, 0.2) is 0 Å². The highest BCUT2D eigenvalue weighted by Gasteiger charge is 2.15. The molecule has 0 saturated carbocycles. The summed E-state index contributed by atoms with van der Waals surface area (Å²) in [7, 11) is 0. The lowest BCUT2D eigenvalue weighted by Gasteiger charge is -2.15. The molecule has 0 radical (unpaired) electrons. The highest BCUT2D eigenvalue weighted by atomic mass is 35.5. The zero-order valence-electron chi connectivity index (χ0n) is 19.1. The van der Waals surface area contributed by atoms with Crippen LogP contribution in [0.15, 0.2) is 90.0 Å². The summed E-state index contributed by atoms with van der Waals surface area (Å²) in [6.45, 7) is 0.432. The Labute approximate surface area is 212 Å². The van der Waals surface area contributed by atoms with Crippen LogP contribution in [-0.2, 0) is 6.42 Å². The van der Waals surface area contributed by atoms with E-state index < -0.39 is 0 Å². The summed E-state index contributed by atoms with van der Waals surface area (Å²) in [5.41, 5.74) is 8.52. The number of nitrogens with one attached hydrogen (secondary N) is 1. The summed E-state index contributed by atoms with van der Waals surface area (Å²) in [6.07, 6.45) is 1.82. The molecule has 0 bridgehead atoms. The van der Waals surface area contributed by atoms with E-state index in [9.17, 15) is 4.79 Å². The molecular weight excluding hydrogens is 472 g/mol. The number of fused-ring (bicyclic) bond motifs is 1. The molecule has 0 spiro atoms. The van der Waals surface area contributed by atoms with Gasteiger partial charge < -0.3 is 11.1 Å². The van der Waals surface area contributed by atoms with Gasteiger partial charge in [-0.2, -0.15) is 0 Å². The van der Waals surface area contributed by atoms with Crippen molar-refractivity contribution in [1.29, 1.82) is 0 Å². The van der Waals surface area contributed by atoms with Gasteiger partial charge in [-0.1, -0.05) is 65.9 Å². The molecule has 5 aromatic rings. The Morgan fingerprint density at radius 1 is 0.917 bits per heavy atom. The van der Waals surface area contributed by atoms with Gasteiger partial charge in [0.2, 0.25) is 0 Å². The Bertz CT molecular complexity index is 1660. The molecule has 0 atom stereocenters. The van der Waals surface area contributed by atoms with Crippen molar-refractivity contribution in [3.63, 3.8) is 0 Å². The first kappa shape index (κ1) is 23.1. The first-order chi connectivity index (χ1) is 17.6. The third-order valence-corrected chi connectivity index (χ3v) is 5.87. The molecule has 2 aromatic heterocycles. The predicted octanol–water partition coefficient (Wildman–Crippen LogP) is 4.47. The second-order valence-electron chi connectivity index (χ2n) is 7.91. The minimum atomic E-state index is -0.215. The van der Waals surface area contributed by atoms with Crippen molar-refractivity contribution in [3.8, 4) is 17.5 Å². The number of rotatable bonds is 5. The van der Waals surface area contributed by atoms with Gasteiger partial charge >= 0.3 is 0 Å². The Hall–Kier alpha value is -4.67. The van der Waals surface area contributed by atoms with Crippen LogP contribution in [0.3, 0.4) is 0 Å².